The van der Waals surface area contributed by atoms with Gasteiger partial charge in [-0.2, -0.15) is 0 Å². The van der Waals surface area contributed by atoms with Crippen LogP contribution in [0.4, 0.5) is 0 Å². The van der Waals surface area contributed by atoms with Crippen molar-refractivity contribution in [1.82, 2.24) is 0 Å². The van der Waals surface area contributed by atoms with Crippen LogP contribution in [0, 0.1) is 0 Å². The number of aromatic hydroxyl groups is 3. The second kappa shape index (κ2) is 6.26. The molecule has 0 fully saturated rings. The predicted molar refractivity (Wildman–Crippen MR) is 78.4 cm³/mol. The van der Waals surface area contributed by atoms with Gasteiger partial charge in [-0.3, -0.25) is 0 Å². The third-order valence-electron chi connectivity index (χ3n) is 3.28. The van der Waals surface area contributed by atoms with Crippen LogP contribution >= 0.6 is 0 Å². The second-order valence-corrected chi connectivity index (χ2v) is 4.67. The lowest BCUT2D eigenvalue weighted by Gasteiger charge is -2.10. The molecule has 0 radical (unpaired) electrons. The van der Waals surface area contributed by atoms with Crippen molar-refractivity contribution in [1.29, 1.82) is 0 Å². The van der Waals surface area contributed by atoms with Crippen LogP contribution in [-0.2, 0) is 12.8 Å². The van der Waals surface area contributed by atoms with Crippen molar-refractivity contribution in [2.75, 3.05) is 14.2 Å². The topological polar surface area (TPSA) is 79.2 Å². The SMILES string of the molecule is COc1ccc(CCc2cc(O)c(O)c(O)c2)cc1OC. The molecule has 5 heteroatoms. The summed E-state index contributed by atoms with van der Waals surface area (Å²) in [7, 11) is 3.16. The van der Waals surface area contributed by atoms with Gasteiger partial charge in [0.25, 0.3) is 0 Å². The molecule has 0 aromatic heterocycles. The molecule has 2 aromatic rings. The minimum Gasteiger partial charge on any atom is -0.504 e. The van der Waals surface area contributed by atoms with E-state index in [1.165, 1.54) is 12.1 Å². The van der Waals surface area contributed by atoms with Crippen LogP contribution in [0.1, 0.15) is 11.1 Å². The predicted octanol–water partition coefficient (Wildman–Crippen LogP) is 2.61. The summed E-state index contributed by atoms with van der Waals surface area (Å²) in [4.78, 5) is 0. The Kier molecular flexibility index (Phi) is 4.42. The van der Waals surface area contributed by atoms with Crippen molar-refractivity contribution in [3.05, 3.63) is 41.5 Å². The summed E-state index contributed by atoms with van der Waals surface area (Å²) in [5.41, 5.74) is 1.78. The van der Waals surface area contributed by atoms with Crippen molar-refractivity contribution >= 4 is 0 Å². The Morgan fingerprint density at radius 1 is 0.762 bits per heavy atom. The second-order valence-electron chi connectivity index (χ2n) is 4.67. The number of benzene rings is 2. The molecule has 5 nitrogen and oxygen atoms in total. The van der Waals surface area contributed by atoms with E-state index < -0.39 is 5.75 Å². The van der Waals surface area contributed by atoms with Crippen LogP contribution in [0.5, 0.6) is 28.7 Å². The van der Waals surface area contributed by atoms with E-state index in [0.717, 1.165) is 11.1 Å². The van der Waals surface area contributed by atoms with E-state index >= 15 is 0 Å². The summed E-state index contributed by atoms with van der Waals surface area (Å²) >= 11 is 0. The minimum atomic E-state index is -0.495. The van der Waals surface area contributed by atoms with Crippen LogP contribution in [0.25, 0.3) is 0 Å². The average molecular weight is 290 g/mol. The van der Waals surface area contributed by atoms with E-state index in [0.29, 0.717) is 24.3 Å². The largest absolute Gasteiger partial charge is 0.504 e. The fraction of sp³-hybridized carbons (Fsp3) is 0.250. The Balaban J connectivity index is 2.13. The molecule has 0 aliphatic rings. The van der Waals surface area contributed by atoms with Crippen LogP contribution in [0.15, 0.2) is 30.3 Å². The van der Waals surface area contributed by atoms with E-state index in [2.05, 4.69) is 0 Å². The molecule has 0 amide bonds. The van der Waals surface area contributed by atoms with Crippen molar-refractivity contribution < 1.29 is 24.8 Å². The van der Waals surface area contributed by atoms with Gasteiger partial charge in [-0.1, -0.05) is 6.07 Å². The van der Waals surface area contributed by atoms with E-state index in [4.69, 9.17) is 9.47 Å². The molecule has 0 saturated carbocycles. The lowest BCUT2D eigenvalue weighted by atomic mass is 10.0. The van der Waals surface area contributed by atoms with Crippen molar-refractivity contribution in [3.63, 3.8) is 0 Å². The van der Waals surface area contributed by atoms with Gasteiger partial charge in [0.1, 0.15) is 0 Å². The Labute approximate surface area is 123 Å². The first kappa shape index (κ1) is 14.8. The molecule has 0 bridgehead atoms. The number of phenols is 3. The molecule has 21 heavy (non-hydrogen) atoms. The molecule has 0 spiro atoms. The normalized spacial score (nSPS) is 10.4. The number of hydrogen-bond donors (Lipinski definition) is 3. The van der Waals surface area contributed by atoms with Crippen LogP contribution in [0.2, 0.25) is 0 Å². The molecule has 0 aliphatic carbocycles. The lowest BCUT2D eigenvalue weighted by Crippen LogP contribution is -1.95. The third-order valence-corrected chi connectivity index (χ3v) is 3.28. The molecule has 2 aromatic carbocycles. The summed E-state index contributed by atoms with van der Waals surface area (Å²) in [6.07, 6.45) is 1.31. The number of hydrogen-bond acceptors (Lipinski definition) is 5. The number of aryl methyl sites for hydroxylation is 2. The minimum absolute atomic E-state index is 0.322. The fourth-order valence-corrected chi connectivity index (χ4v) is 2.13. The van der Waals surface area contributed by atoms with Gasteiger partial charge in [0.2, 0.25) is 0 Å². The van der Waals surface area contributed by atoms with Gasteiger partial charge in [-0.15, -0.1) is 0 Å². The standard InChI is InChI=1S/C16H18O5/c1-20-14-6-5-10(9-15(14)21-2)3-4-11-7-12(17)16(19)13(18)8-11/h5-9,17-19H,3-4H2,1-2H3. The zero-order chi connectivity index (χ0) is 15.4. The quantitative estimate of drug-likeness (QED) is 0.738. The molecule has 0 atom stereocenters. The first-order chi connectivity index (χ1) is 10.0. The summed E-state index contributed by atoms with van der Waals surface area (Å²) in [5.74, 6) is 0.187. The zero-order valence-electron chi connectivity index (χ0n) is 12.0. The Morgan fingerprint density at radius 2 is 1.33 bits per heavy atom. The fourth-order valence-electron chi connectivity index (χ4n) is 2.13. The molecule has 112 valence electrons. The summed E-state index contributed by atoms with van der Waals surface area (Å²) in [6.45, 7) is 0. The third kappa shape index (κ3) is 3.31. The van der Waals surface area contributed by atoms with E-state index in [1.807, 2.05) is 18.2 Å². The van der Waals surface area contributed by atoms with Crippen molar-refractivity contribution in [2.45, 2.75) is 12.8 Å². The number of methoxy groups -OCH3 is 2. The van der Waals surface area contributed by atoms with Gasteiger partial charge >= 0.3 is 0 Å². The molecular weight excluding hydrogens is 272 g/mol. The van der Waals surface area contributed by atoms with Crippen molar-refractivity contribution in [3.8, 4) is 28.7 Å². The highest BCUT2D eigenvalue weighted by molar-refractivity contribution is 5.51. The van der Waals surface area contributed by atoms with Gasteiger partial charge in [0, 0.05) is 0 Å². The maximum Gasteiger partial charge on any atom is 0.200 e. The lowest BCUT2D eigenvalue weighted by molar-refractivity contribution is 0.354. The van der Waals surface area contributed by atoms with Gasteiger partial charge in [0.15, 0.2) is 28.7 Å². The van der Waals surface area contributed by atoms with Crippen LogP contribution in [0.3, 0.4) is 0 Å². The molecule has 2 rings (SSSR count). The average Bonchev–Trinajstić information content (AvgIpc) is 2.50. The van der Waals surface area contributed by atoms with Gasteiger partial charge in [-0.25, -0.2) is 0 Å². The van der Waals surface area contributed by atoms with Gasteiger partial charge in [0.05, 0.1) is 14.2 Å². The Bertz CT molecular complexity index is 614. The number of ether oxygens (including phenoxy) is 2. The van der Waals surface area contributed by atoms with E-state index in [-0.39, 0.29) is 11.5 Å². The summed E-state index contributed by atoms with van der Waals surface area (Å²) < 4.78 is 10.4. The van der Waals surface area contributed by atoms with Gasteiger partial charge in [-0.05, 0) is 48.2 Å². The molecule has 0 unspecified atom stereocenters. The monoisotopic (exact) mass is 290 g/mol. The number of rotatable bonds is 5. The molecule has 0 saturated heterocycles. The zero-order valence-corrected chi connectivity index (χ0v) is 12.0. The highest BCUT2D eigenvalue weighted by Gasteiger charge is 2.09. The Hall–Kier alpha value is -2.56. The van der Waals surface area contributed by atoms with E-state index in [9.17, 15) is 15.3 Å². The molecular formula is C16H18O5. The Morgan fingerprint density at radius 3 is 1.90 bits per heavy atom. The molecule has 0 aliphatic heterocycles. The molecule has 0 heterocycles. The summed E-state index contributed by atoms with van der Waals surface area (Å²) in [5, 5.41) is 28.3. The van der Waals surface area contributed by atoms with Gasteiger partial charge < -0.3 is 24.8 Å². The number of phenolic OH excluding ortho intramolecular Hbond substituents is 3. The summed E-state index contributed by atoms with van der Waals surface area (Å²) in [6, 6.07) is 8.53. The maximum absolute atomic E-state index is 9.48. The first-order valence-corrected chi connectivity index (χ1v) is 6.50. The van der Waals surface area contributed by atoms with E-state index in [1.54, 1.807) is 14.2 Å². The smallest absolute Gasteiger partial charge is 0.200 e. The van der Waals surface area contributed by atoms with Crippen LogP contribution < -0.4 is 9.47 Å². The molecule has 3 N–H and O–H groups in total. The maximum atomic E-state index is 9.48. The van der Waals surface area contributed by atoms with Crippen molar-refractivity contribution in [2.24, 2.45) is 0 Å². The van der Waals surface area contributed by atoms with Crippen LogP contribution in [-0.4, -0.2) is 29.5 Å². The first-order valence-electron chi connectivity index (χ1n) is 6.50. The highest BCUT2D eigenvalue weighted by atomic mass is 16.5. The highest BCUT2D eigenvalue weighted by Crippen LogP contribution is 2.36.